The fourth-order valence-electron chi connectivity index (χ4n) is 1.45. The molecule has 3 N–H and O–H groups in total. The van der Waals surface area contributed by atoms with Gasteiger partial charge in [-0.15, -0.1) is 0 Å². The zero-order valence-corrected chi connectivity index (χ0v) is 11.1. The van der Waals surface area contributed by atoms with Crippen molar-refractivity contribution in [1.29, 1.82) is 0 Å². The summed E-state index contributed by atoms with van der Waals surface area (Å²) in [5.41, 5.74) is 6.84. The Bertz CT molecular complexity index is 485. The van der Waals surface area contributed by atoms with Crippen LogP contribution in [0.5, 0.6) is 0 Å². The molecule has 18 heavy (non-hydrogen) atoms. The van der Waals surface area contributed by atoms with Crippen molar-refractivity contribution in [3.05, 3.63) is 35.9 Å². The molecule has 0 aliphatic heterocycles. The second-order valence-electron chi connectivity index (χ2n) is 3.98. The highest BCUT2D eigenvalue weighted by Crippen LogP contribution is 2.14. The van der Waals surface area contributed by atoms with E-state index in [4.69, 9.17) is 5.73 Å². The Morgan fingerprint density at radius 1 is 1.33 bits per heavy atom. The fraction of sp³-hybridized carbons (Fsp3) is 0.417. The molecular formula is C12H18N2O3S. The predicted molar refractivity (Wildman–Crippen MR) is 70.2 cm³/mol. The van der Waals surface area contributed by atoms with Crippen molar-refractivity contribution in [2.24, 2.45) is 5.73 Å². The van der Waals surface area contributed by atoms with Crippen LogP contribution in [0.2, 0.25) is 0 Å². The first-order chi connectivity index (χ1) is 8.44. The summed E-state index contributed by atoms with van der Waals surface area (Å²) < 4.78 is 24.3. The molecule has 0 aliphatic carbocycles. The normalized spacial score (nSPS) is 13.0. The van der Waals surface area contributed by atoms with Gasteiger partial charge in [0.2, 0.25) is 15.9 Å². The van der Waals surface area contributed by atoms with Gasteiger partial charge in [-0.05, 0) is 18.9 Å². The lowest BCUT2D eigenvalue weighted by atomic mass is 10.0. The molecule has 1 atom stereocenters. The summed E-state index contributed by atoms with van der Waals surface area (Å²) >= 11 is 0. The smallest absolute Gasteiger partial charge is 0.234 e. The number of rotatable bonds is 6. The molecule has 0 aromatic heterocycles. The van der Waals surface area contributed by atoms with Gasteiger partial charge in [0.05, 0.1) is 5.75 Å². The molecule has 0 saturated heterocycles. The van der Waals surface area contributed by atoms with E-state index < -0.39 is 15.9 Å². The van der Waals surface area contributed by atoms with Crippen molar-refractivity contribution in [2.75, 3.05) is 5.75 Å². The van der Waals surface area contributed by atoms with Crippen molar-refractivity contribution < 1.29 is 13.2 Å². The van der Waals surface area contributed by atoms with E-state index in [1.54, 1.807) is 0 Å². The molecule has 0 bridgehead atoms. The lowest BCUT2D eigenvalue weighted by molar-refractivity contribution is -0.119. The number of hydrogen-bond acceptors (Lipinski definition) is 4. The number of carbonyl (C=O) groups is 1. The van der Waals surface area contributed by atoms with Gasteiger partial charge in [0.1, 0.15) is 0 Å². The van der Waals surface area contributed by atoms with Crippen LogP contribution >= 0.6 is 0 Å². The van der Waals surface area contributed by atoms with Crippen LogP contribution < -0.4 is 10.5 Å². The van der Waals surface area contributed by atoms with Crippen LogP contribution in [0.15, 0.2) is 30.3 Å². The Hall–Kier alpha value is -1.40. The first-order valence-electron chi connectivity index (χ1n) is 5.78. The van der Waals surface area contributed by atoms with Crippen LogP contribution in [0.1, 0.15) is 31.4 Å². The fourth-order valence-corrected chi connectivity index (χ4v) is 2.04. The zero-order valence-electron chi connectivity index (χ0n) is 10.3. The van der Waals surface area contributed by atoms with Gasteiger partial charge >= 0.3 is 0 Å². The van der Waals surface area contributed by atoms with Gasteiger partial charge in [0.25, 0.3) is 0 Å². The summed E-state index contributed by atoms with van der Waals surface area (Å²) in [6.45, 7) is 1.48. The lowest BCUT2D eigenvalue weighted by Gasteiger charge is -2.11. The second-order valence-corrected chi connectivity index (χ2v) is 6.00. The Balaban J connectivity index is 2.44. The van der Waals surface area contributed by atoms with Crippen LogP contribution in [0.25, 0.3) is 0 Å². The predicted octanol–water partition coefficient (Wildman–Crippen LogP) is 0.932. The summed E-state index contributed by atoms with van der Waals surface area (Å²) in [5, 5.41) is 0. The Kier molecular flexibility index (Phi) is 5.30. The number of sulfonamides is 1. The molecule has 1 amide bonds. The highest BCUT2D eigenvalue weighted by molar-refractivity contribution is 7.90. The molecule has 0 heterocycles. The first-order valence-corrected chi connectivity index (χ1v) is 7.43. The quantitative estimate of drug-likeness (QED) is 0.804. The van der Waals surface area contributed by atoms with E-state index in [0.29, 0.717) is 6.42 Å². The standard InChI is InChI=1S/C12H18N2O3S/c1-2-18(16,17)14-12(15)9-8-11(13)10-6-4-3-5-7-10/h3-7,11H,2,8-9,13H2,1H3,(H,14,15). The second kappa shape index (κ2) is 6.51. The van der Waals surface area contributed by atoms with E-state index in [0.717, 1.165) is 5.56 Å². The van der Waals surface area contributed by atoms with Gasteiger partial charge in [0, 0.05) is 12.5 Å². The van der Waals surface area contributed by atoms with Gasteiger partial charge < -0.3 is 5.73 Å². The van der Waals surface area contributed by atoms with E-state index in [-0.39, 0.29) is 18.2 Å². The summed E-state index contributed by atoms with van der Waals surface area (Å²) in [5.74, 6) is -0.619. The Labute approximate surface area is 107 Å². The van der Waals surface area contributed by atoms with Crippen LogP contribution in [-0.2, 0) is 14.8 Å². The van der Waals surface area contributed by atoms with E-state index >= 15 is 0 Å². The van der Waals surface area contributed by atoms with Gasteiger partial charge in [-0.3, -0.25) is 9.52 Å². The largest absolute Gasteiger partial charge is 0.324 e. The van der Waals surface area contributed by atoms with Crippen molar-refractivity contribution in [3.8, 4) is 0 Å². The molecular weight excluding hydrogens is 252 g/mol. The minimum atomic E-state index is -3.47. The molecule has 1 aromatic rings. The van der Waals surface area contributed by atoms with Gasteiger partial charge in [0.15, 0.2) is 0 Å². The molecule has 0 fully saturated rings. The van der Waals surface area contributed by atoms with Crippen LogP contribution in [0.3, 0.4) is 0 Å². The molecule has 0 aliphatic rings. The summed E-state index contributed by atoms with van der Waals surface area (Å²) in [6.07, 6.45) is 0.504. The highest BCUT2D eigenvalue weighted by atomic mass is 32.2. The summed E-state index contributed by atoms with van der Waals surface area (Å²) in [6, 6.07) is 9.13. The summed E-state index contributed by atoms with van der Waals surface area (Å²) in [4.78, 5) is 11.4. The maximum Gasteiger partial charge on any atom is 0.234 e. The number of carbonyl (C=O) groups excluding carboxylic acids is 1. The number of nitrogens with one attached hydrogen (secondary N) is 1. The highest BCUT2D eigenvalue weighted by Gasteiger charge is 2.13. The van der Waals surface area contributed by atoms with E-state index in [1.165, 1.54) is 6.92 Å². The zero-order chi connectivity index (χ0) is 13.6. The van der Waals surface area contributed by atoms with Gasteiger partial charge in [-0.2, -0.15) is 0 Å². The van der Waals surface area contributed by atoms with E-state index in [1.807, 2.05) is 35.1 Å². The Morgan fingerprint density at radius 3 is 2.50 bits per heavy atom. The third kappa shape index (κ3) is 4.85. The van der Waals surface area contributed by atoms with Gasteiger partial charge in [-0.1, -0.05) is 30.3 Å². The SMILES string of the molecule is CCS(=O)(=O)NC(=O)CCC(N)c1ccccc1. The molecule has 0 saturated carbocycles. The van der Waals surface area contributed by atoms with Crippen molar-refractivity contribution in [1.82, 2.24) is 4.72 Å². The van der Waals surface area contributed by atoms with Crippen molar-refractivity contribution >= 4 is 15.9 Å². The lowest BCUT2D eigenvalue weighted by Crippen LogP contribution is -2.32. The number of amides is 1. The van der Waals surface area contributed by atoms with Crippen LogP contribution in [0, 0.1) is 0 Å². The topological polar surface area (TPSA) is 89.3 Å². The molecule has 1 unspecified atom stereocenters. The minimum absolute atomic E-state index is 0.0926. The monoisotopic (exact) mass is 270 g/mol. The maximum atomic E-state index is 11.4. The van der Waals surface area contributed by atoms with Crippen LogP contribution in [0.4, 0.5) is 0 Å². The van der Waals surface area contributed by atoms with Crippen molar-refractivity contribution in [2.45, 2.75) is 25.8 Å². The molecule has 0 radical (unpaired) electrons. The molecule has 0 spiro atoms. The van der Waals surface area contributed by atoms with E-state index in [9.17, 15) is 13.2 Å². The molecule has 1 rings (SSSR count). The number of benzene rings is 1. The molecule has 5 nitrogen and oxygen atoms in total. The maximum absolute atomic E-state index is 11.4. The average Bonchev–Trinajstić information content (AvgIpc) is 2.36. The van der Waals surface area contributed by atoms with Crippen molar-refractivity contribution in [3.63, 3.8) is 0 Å². The Morgan fingerprint density at radius 2 is 1.94 bits per heavy atom. The molecule has 100 valence electrons. The van der Waals surface area contributed by atoms with E-state index in [2.05, 4.69) is 0 Å². The molecule has 6 heteroatoms. The summed E-state index contributed by atoms with van der Waals surface area (Å²) in [7, 11) is -3.47. The minimum Gasteiger partial charge on any atom is -0.324 e. The van der Waals surface area contributed by atoms with Gasteiger partial charge in [-0.25, -0.2) is 8.42 Å². The number of nitrogens with two attached hydrogens (primary N) is 1. The third-order valence-corrected chi connectivity index (χ3v) is 3.86. The average molecular weight is 270 g/mol. The number of hydrogen-bond donors (Lipinski definition) is 2. The van der Waals surface area contributed by atoms with Crippen LogP contribution in [-0.4, -0.2) is 20.1 Å². The third-order valence-electron chi connectivity index (χ3n) is 2.56. The first kappa shape index (κ1) is 14.7. The molecule has 1 aromatic carbocycles.